The van der Waals surface area contributed by atoms with Crippen molar-refractivity contribution in [2.24, 2.45) is 0 Å². The van der Waals surface area contributed by atoms with E-state index in [9.17, 15) is 9.59 Å². The minimum absolute atomic E-state index is 0. The lowest BCUT2D eigenvalue weighted by Crippen LogP contribution is -2.46. The van der Waals surface area contributed by atoms with Gasteiger partial charge >= 0.3 is 0 Å². The summed E-state index contributed by atoms with van der Waals surface area (Å²) >= 11 is 1.42. The molecule has 0 radical (unpaired) electrons. The maximum atomic E-state index is 12.4. The van der Waals surface area contributed by atoms with E-state index in [-0.39, 0.29) is 24.2 Å². The number of amides is 2. The molecule has 2 amide bonds. The lowest BCUT2D eigenvalue weighted by atomic mass is 10.1. The number of piperazine rings is 1. The van der Waals surface area contributed by atoms with Crippen LogP contribution in [0.1, 0.15) is 25.6 Å². The minimum atomic E-state index is -0.0685. The van der Waals surface area contributed by atoms with Gasteiger partial charge in [-0.15, -0.1) is 23.7 Å². The molecular formula is C17H20ClN3O2S. The summed E-state index contributed by atoms with van der Waals surface area (Å²) in [7, 11) is 0. The van der Waals surface area contributed by atoms with E-state index < -0.39 is 0 Å². The fourth-order valence-corrected chi connectivity index (χ4v) is 3.13. The zero-order valence-corrected chi connectivity index (χ0v) is 14.8. The van der Waals surface area contributed by atoms with Crippen LogP contribution in [0.2, 0.25) is 0 Å². The largest absolute Gasteiger partial charge is 0.347 e. The second-order valence-electron chi connectivity index (χ2n) is 5.40. The Hall–Kier alpha value is -1.89. The van der Waals surface area contributed by atoms with E-state index in [0.29, 0.717) is 17.0 Å². The van der Waals surface area contributed by atoms with Crippen LogP contribution in [-0.2, 0) is 6.54 Å². The van der Waals surface area contributed by atoms with Crippen molar-refractivity contribution < 1.29 is 9.59 Å². The molecular weight excluding hydrogens is 346 g/mol. The molecule has 0 atom stereocenters. The zero-order chi connectivity index (χ0) is 16.1. The van der Waals surface area contributed by atoms with Gasteiger partial charge in [-0.2, -0.15) is 0 Å². The van der Waals surface area contributed by atoms with Crippen molar-refractivity contribution in [2.45, 2.75) is 6.54 Å². The highest BCUT2D eigenvalue weighted by Gasteiger charge is 2.17. The van der Waals surface area contributed by atoms with Crippen molar-refractivity contribution >= 4 is 35.6 Å². The molecule has 0 bridgehead atoms. The number of hydrogen-bond donors (Lipinski definition) is 2. The molecule has 1 fully saturated rings. The van der Waals surface area contributed by atoms with E-state index in [1.54, 1.807) is 6.07 Å². The number of nitrogens with one attached hydrogen (secondary N) is 2. The third-order valence-electron chi connectivity index (χ3n) is 3.80. The number of hydrogen-bond acceptors (Lipinski definition) is 4. The highest BCUT2D eigenvalue weighted by molar-refractivity contribution is 7.12. The molecule has 0 aliphatic carbocycles. The van der Waals surface area contributed by atoms with Gasteiger partial charge in [-0.25, -0.2) is 0 Å². The topological polar surface area (TPSA) is 61.4 Å². The van der Waals surface area contributed by atoms with E-state index in [1.807, 2.05) is 40.6 Å². The number of benzene rings is 1. The SMILES string of the molecule is Cl.O=C(NCc1ccc(C(=O)N2CCNCC2)cc1)c1cccs1. The second-order valence-corrected chi connectivity index (χ2v) is 6.35. The van der Waals surface area contributed by atoms with Gasteiger partial charge in [0.25, 0.3) is 11.8 Å². The first-order valence-corrected chi connectivity index (χ1v) is 8.52. The van der Waals surface area contributed by atoms with Crippen LogP contribution >= 0.6 is 23.7 Å². The Bertz CT molecular complexity index is 668. The molecule has 128 valence electrons. The summed E-state index contributed by atoms with van der Waals surface area (Å²) in [5, 5.41) is 8.00. The number of carbonyl (C=O) groups is 2. The summed E-state index contributed by atoms with van der Waals surface area (Å²) in [5.41, 5.74) is 1.67. The molecule has 24 heavy (non-hydrogen) atoms. The van der Waals surface area contributed by atoms with Crippen LogP contribution in [0.3, 0.4) is 0 Å². The van der Waals surface area contributed by atoms with E-state index in [2.05, 4.69) is 10.6 Å². The number of halogens is 1. The first-order chi connectivity index (χ1) is 11.2. The number of nitrogens with zero attached hydrogens (tertiary/aromatic N) is 1. The molecule has 2 N–H and O–H groups in total. The summed E-state index contributed by atoms with van der Waals surface area (Å²) in [6, 6.07) is 11.1. The Kier molecular flexibility index (Phi) is 6.78. The smallest absolute Gasteiger partial charge is 0.261 e. The molecule has 3 rings (SSSR count). The number of rotatable bonds is 4. The third-order valence-corrected chi connectivity index (χ3v) is 4.67. The van der Waals surface area contributed by atoms with Gasteiger partial charge in [0.15, 0.2) is 0 Å². The van der Waals surface area contributed by atoms with Gasteiger partial charge in [0.2, 0.25) is 0 Å². The molecule has 2 heterocycles. The Morgan fingerprint density at radius 2 is 1.83 bits per heavy atom. The van der Waals surface area contributed by atoms with Crippen molar-refractivity contribution in [2.75, 3.05) is 26.2 Å². The standard InChI is InChI=1S/C17H19N3O2S.ClH/c21-16(15-2-1-11-23-15)19-12-13-3-5-14(6-4-13)17(22)20-9-7-18-8-10-20;/h1-6,11,18H,7-10,12H2,(H,19,21);1H. The normalized spacial score (nSPS) is 13.9. The predicted molar refractivity (Wildman–Crippen MR) is 98.0 cm³/mol. The number of thiophene rings is 1. The van der Waals surface area contributed by atoms with E-state index in [4.69, 9.17) is 0 Å². The quantitative estimate of drug-likeness (QED) is 0.872. The average Bonchev–Trinajstić information content (AvgIpc) is 3.15. The van der Waals surface area contributed by atoms with Crippen LogP contribution in [0.5, 0.6) is 0 Å². The van der Waals surface area contributed by atoms with Crippen molar-refractivity contribution in [3.8, 4) is 0 Å². The molecule has 1 saturated heterocycles. The summed E-state index contributed by atoms with van der Waals surface area (Å²) in [6.45, 7) is 3.64. The van der Waals surface area contributed by atoms with Crippen LogP contribution in [0.15, 0.2) is 41.8 Å². The lowest BCUT2D eigenvalue weighted by molar-refractivity contribution is 0.0735. The Balaban J connectivity index is 0.00000208. The van der Waals surface area contributed by atoms with Crippen LogP contribution in [0.4, 0.5) is 0 Å². The molecule has 5 nitrogen and oxygen atoms in total. The van der Waals surface area contributed by atoms with E-state index in [0.717, 1.165) is 31.7 Å². The molecule has 2 aromatic rings. The van der Waals surface area contributed by atoms with Crippen molar-refractivity contribution in [1.82, 2.24) is 15.5 Å². The van der Waals surface area contributed by atoms with Gasteiger partial charge in [0, 0.05) is 38.3 Å². The van der Waals surface area contributed by atoms with Crippen molar-refractivity contribution in [3.63, 3.8) is 0 Å². The monoisotopic (exact) mass is 365 g/mol. The van der Waals surface area contributed by atoms with Gasteiger partial charge in [0.1, 0.15) is 0 Å². The minimum Gasteiger partial charge on any atom is -0.347 e. The molecule has 1 aromatic heterocycles. The first kappa shape index (κ1) is 18.4. The van der Waals surface area contributed by atoms with Gasteiger partial charge in [-0.05, 0) is 29.1 Å². The maximum Gasteiger partial charge on any atom is 0.261 e. The van der Waals surface area contributed by atoms with Crippen LogP contribution < -0.4 is 10.6 Å². The lowest BCUT2D eigenvalue weighted by Gasteiger charge is -2.27. The van der Waals surface area contributed by atoms with Gasteiger partial charge in [-0.3, -0.25) is 9.59 Å². The molecule has 0 unspecified atom stereocenters. The first-order valence-electron chi connectivity index (χ1n) is 7.65. The molecule has 0 saturated carbocycles. The Morgan fingerprint density at radius 1 is 1.12 bits per heavy atom. The van der Waals surface area contributed by atoms with Crippen molar-refractivity contribution in [1.29, 1.82) is 0 Å². The zero-order valence-electron chi connectivity index (χ0n) is 13.2. The van der Waals surface area contributed by atoms with Gasteiger partial charge in [0.05, 0.1) is 4.88 Å². The number of carbonyl (C=O) groups excluding carboxylic acids is 2. The van der Waals surface area contributed by atoms with E-state index >= 15 is 0 Å². The fourth-order valence-electron chi connectivity index (χ4n) is 2.49. The molecule has 1 aliphatic rings. The Labute approximate surface area is 151 Å². The van der Waals surface area contributed by atoms with Gasteiger partial charge in [-0.1, -0.05) is 18.2 Å². The highest BCUT2D eigenvalue weighted by atomic mass is 35.5. The highest BCUT2D eigenvalue weighted by Crippen LogP contribution is 2.10. The molecule has 1 aliphatic heterocycles. The average molecular weight is 366 g/mol. The molecule has 7 heteroatoms. The summed E-state index contributed by atoms with van der Waals surface area (Å²) < 4.78 is 0. The third kappa shape index (κ3) is 4.56. The molecule has 0 spiro atoms. The summed E-state index contributed by atoms with van der Waals surface area (Å²) in [5.74, 6) is 0.00152. The fraction of sp³-hybridized carbons (Fsp3) is 0.294. The van der Waals surface area contributed by atoms with Crippen LogP contribution in [0.25, 0.3) is 0 Å². The van der Waals surface area contributed by atoms with Crippen molar-refractivity contribution in [3.05, 3.63) is 57.8 Å². The van der Waals surface area contributed by atoms with Crippen LogP contribution in [0, 0.1) is 0 Å². The van der Waals surface area contributed by atoms with E-state index in [1.165, 1.54) is 11.3 Å². The Morgan fingerprint density at radius 3 is 2.46 bits per heavy atom. The van der Waals surface area contributed by atoms with Gasteiger partial charge < -0.3 is 15.5 Å². The predicted octanol–water partition coefficient (Wildman–Crippen LogP) is 2.15. The maximum absolute atomic E-state index is 12.4. The van der Waals surface area contributed by atoms with Crippen LogP contribution in [-0.4, -0.2) is 42.9 Å². The summed E-state index contributed by atoms with van der Waals surface area (Å²) in [6.07, 6.45) is 0. The second kappa shape index (κ2) is 8.82. The summed E-state index contributed by atoms with van der Waals surface area (Å²) in [4.78, 5) is 26.8. The molecule has 1 aromatic carbocycles.